The third-order valence-corrected chi connectivity index (χ3v) is 4.25. The number of aryl methyl sites for hydroxylation is 2. The Morgan fingerprint density at radius 1 is 1.43 bits per heavy atom. The van der Waals surface area contributed by atoms with Gasteiger partial charge < -0.3 is 5.73 Å². The van der Waals surface area contributed by atoms with Crippen molar-refractivity contribution >= 4 is 37.8 Å². The fraction of sp³-hybridized carbons (Fsp3) is 0.417. The zero-order chi connectivity index (χ0) is 15.5. The molecule has 7 nitrogen and oxygen atoms in total. The van der Waals surface area contributed by atoms with E-state index in [0.717, 1.165) is 35.0 Å². The van der Waals surface area contributed by atoms with Crippen LogP contribution in [0.3, 0.4) is 0 Å². The molecule has 2 heterocycles. The van der Waals surface area contributed by atoms with E-state index in [-0.39, 0.29) is 11.7 Å². The summed E-state index contributed by atoms with van der Waals surface area (Å²) in [6, 6.07) is 2.03. The van der Waals surface area contributed by atoms with Crippen LogP contribution < -0.4 is 10.5 Å². The number of halogens is 1. The smallest absolute Gasteiger partial charge is 0.345 e. The van der Waals surface area contributed by atoms with Crippen molar-refractivity contribution in [3.63, 3.8) is 0 Å². The summed E-state index contributed by atoms with van der Waals surface area (Å²) in [5.74, 6) is 0.0494. The first-order valence-electron chi connectivity index (χ1n) is 6.41. The zero-order valence-corrected chi connectivity index (χ0v) is 13.9. The molecule has 1 aliphatic rings. The Bertz CT molecular complexity index is 700. The van der Waals surface area contributed by atoms with Crippen molar-refractivity contribution in [2.75, 3.05) is 6.54 Å². The predicted molar refractivity (Wildman–Crippen MR) is 85.6 cm³/mol. The number of nitrogens with one attached hydrogen (secondary N) is 1. The van der Waals surface area contributed by atoms with Crippen LogP contribution in [0.4, 0.5) is 0 Å². The van der Waals surface area contributed by atoms with E-state index in [1.54, 1.807) is 6.20 Å². The summed E-state index contributed by atoms with van der Waals surface area (Å²) in [6.07, 6.45) is 4.37. The van der Waals surface area contributed by atoms with Crippen LogP contribution >= 0.6 is 15.9 Å². The molecule has 0 bridgehead atoms. The molecule has 1 aromatic heterocycles. The first kappa shape index (κ1) is 15.9. The molecule has 1 aromatic rings. The van der Waals surface area contributed by atoms with Crippen molar-refractivity contribution < 1.29 is 8.42 Å². The molecule has 21 heavy (non-hydrogen) atoms. The molecule has 0 saturated carbocycles. The van der Waals surface area contributed by atoms with Gasteiger partial charge in [-0.2, -0.15) is 8.42 Å². The summed E-state index contributed by atoms with van der Waals surface area (Å²) >= 11 is 3.38. The van der Waals surface area contributed by atoms with E-state index in [1.807, 2.05) is 13.0 Å². The second kappa shape index (κ2) is 6.52. The van der Waals surface area contributed by atoms with E-state index in [9.17, 15) is 8.42 Å². The van der Waals surface area contributed by atoms with Gasteiger partial charge >= 0.3 is 10.2 Å². The summed E-state index contributed by atoms with van der Waals surface area (Å²) < 4.78 is 28.7. The molecule has 0 saturated heterocycles. The number of aliphatic imine (C=N–C) groups is 1. The first-order valence-corrected chi connectivity index (χ1v) is 8.65. The molecular weight excluding hydrogens is 358 g/mol. The maximum atomic E-state index is 11.1. The van der Waals surface area contributed by atoms with Gasteiger partial charge in [-0.05, 0) is 53.7 Å². The van der Waals surface area contributed by atoms with E-state index in [1.165, 1.54) is 0 Å². The van der Waals surface area contributed by atoms with Gasteiger partial charge in [-0.1, -0.05) is 0 Å². The van der Waals surface area contributed by atoms with Gasteiger partial charge in [0.05, 0.1) is 0 Å². The van der Waals surface area contributed by atoms with Crippen LogP contribution in [0.2, 0.25) is 0 Å². The highest BCUT2D eigenvalue weighted by Gasteiger charge is 2.23. The monoisotopic (exact) mass is 373 g/mol. The zero-order valence-electron chi connectivity index (χ0n) is 11.5. The van der Waals surface area contributed by atoms with Crippen molar-refractivity contribution in [2.24, 2.45) is 15.1 Å². The highest BCUT2D eigenvalue weighted by atomic mass is 79.9. The standard InChI is InChI=1S/C12H16BrN5O2S/c1-8-6-9(13)7-16-10(8)4-2-3-5-15-12-11(14)17-21(19,20)18-12/h6-7H,2-5H2,1H3,(H2,14,17)(H,15,18). The summed E-state index contributed by atoms with van der Waals surface area (Å²) in [4.78, 5) is 8.48. The minimum Gasteiger partial charge on any atom is -0.380 e. The number of rotatable bonds is 5. The topological polar surface area (TPSA) is 110 Å². The number of aromatic nitrogens is 1. The minimum atomic E-state index is -3.67. The van der Waals surface area contributed by atoms with E-state index in [4.69, 9.17) is 5.73 Å². The molecule has 0 unspecified atom stereocenters. The van der Waals surface area contributed by atoms with Crippen molar-refractivity contribution in [1.29, 1.82) is 0 Å². The number of pyridine rings is 1. The van der Waals surface area contributed by atoms with Crippen molar-refractivity contribution in [2.45, 2.75) is 26.2 Å². The van der Waals surface area contributed by atoms with Crippen LogP contribution in [0.15, 0.2) is 26.1 Å². The molecule has 0 aromatic carbocycles. The number of unbranched alkanes of at least 4 members (excludes halogenated alkanes) is 1. The Labute approximate surface area is 132 Å². The molecule has 0 amide bonds. The number of hydrogen-bond acceptors (Lipinski definition) is 5. The second-order valence-corrected chi connectivity index (χ2v) is 6.91. The first-order chi connectivity index (χ1) is 9.87. The molecule has 9 heteroatoms. The second-order valence-electron chi connectivity index (χ2n) is 4.66. The third-order valence-electron chi connectivity index (χ3n) is 2.93. The Morgan fingerprint density at radius 2 is 2.19 bits per heavy atom. The molecule has 0 atom stereocenters. The van der Waals surface area contributed by atoms with Gasteiger partial charge in [0.2, 0.25) is 0 Å². The quantitative estimate of drug-likeness (QED) is 0.752. The van der Waals surface area contributed by atoms with Crippen LogP contribution in [-0.4, -0.2) is 31.6 Å². The molecule has 1 aliphatic heterocycles. The average molecular weight is 374 g/mol. The maximum Gasteiger partial charge on any atom is 0.345 e. The lowest BCUT2D eigenvalue weighted by Crippen LogP contribution is -2.31. The minimum absolute atomic E-state index is 0.0829. The molecule has 0 aliphatic carbocycles. The van der Waals surface area contributed by atoms with Gasteiger partial charge in [0.25, 0.3) is 0 Å². The molecule has 0 fully saturated rings. The van der Waals surface area contributed by atoms with E-state index < -0.39 is 10.2 Å². The largest absolute Gasteiger partial charge is 0.380 e. The normalized spacial score (nSPS) is 18.6. The highest BCUT2D eigenvalue weighted by Crippen LogP contribution is 2.14. The van der Waals surface area contributed by atoms with Gasteiger partial charge in [0, 0.05) is 22.9 Å². The maximum absolute atomic E-state index is 11.1. The lowest BCUT2D eigenvalue weighted by Gasteiger charge is -2.04. The van der Waals surface area contributed by atoms with Gasteiger partial charge in [-0.15, -0.1) is 4.40 Å². The summed E-state index contributed by atoms with van der Waals surface area (Å²) in [6.45, 7) is 2.52. The fourth-order valence-electron chi connectivity index (χ4n) is 1.91. The molecule has 0 spiro atoms. The van der Waals surface area contributed by atoms with E-state index >= 15 is 0 Å². The van der Waals surface area contributed by atoms with Crippen LogP contribution in [0.5, 0.6) is 0 Å². The lowest BCUT2D eigenvalue weighted by molar-refractivity contribution is 0.596. The van der Waals surface area contributed by atoms with Crippen LogP contribution in [0, 0.1) is 6.92 Å². The van der Waals surface area contributed by atoms with Crippen LogP contribution in [0.25, 0.3) is 0 Å². The molecular formula is C12H16BrN5O2S. The lowest BCUT2D eigenvalue weighted by atomic mass is 10.1. The highest BCUT2D eigenvalue weighted by molar-refractivity contribution is 9.10. The average Bonchev–Trinajstić information content (AvgIpc) is 2.64. The molecule has 114 valence electrons. The van der Waals surface area contributed by atoms with Crippen molar-refractivity contribution in [1.82, 2.24) is 9.71 Å². The van der Waals surface area contributed by atoms with Gasteiger partial charge in [0.15, 0.2) is 11.7 Å². The Kier molecular flexibility index (Phi) is 4.94. The number of hydrogen-bond donors (Lipinski definition) is 2. The predicted octanol–water partition coefficient (Wildman–Crippen LogP) is 1.08. The Balaban J connectivity index is 1.80. The van der Waals surface area contributed by atoms with Gasteiger partial charge in [-0.3, -0.25) is 9.98 Å². The molecule has 0 radical (unpaired) electrons. The summed E-state index contributed by atoms with van der Waals surface area (Å²) in [7, 11) is -3.67. The molecule has 2 rings (SSSR count). The number of nitrogens with two attached hydrogens (primary N) is 1. The molecule has 3 N–H and O–H groups in total. The van der Waals surface area contributed by atoms with Gasteiger partial charge in [-0.25, -0.2) is 4.72 Å². The van der Waals surface area contributed by atoms with E-state index in [2.05, 4.69) is 35.0 Å². The number of nitrogens with zero attached hydrogens (tertiary/aromatic N) is 3. The SMILES string of the molecule is Cc1cc(Br)cnc1CCCCN=C1NS(=O)(=O)N=C1N. The van der Waals surface area contributed by atoms with E-state index in [0.29, 0.717) is 6.54 Å². The van der Waals surface area contributed by atoms with Crippen molar-refractivity contribution in [3.05, 3.63) is 28.0 Å². The van der Waals surface area contributed by atoms with Gasteiger partial charge in [0.1, 0.15) is 0 Å². The summed E-state index contributed by atoms with van der Waals surface area (Å²) in [5, 5.41) is 0. The summed E-state index contributed by atoms with van der Waals surface area (Å²) in [5.41, 5.74) is 7.67. The van der Waals surface area contributed by atoms with Crippen molar-refractivity contribution in [3.8, 4) is 0 Å². The third kappa shape index (κ3) is 4.50. The van der Waals surface area contributed by atoms with Crippen LogP contribution in [0.1, 0.15) is 24.1 Å². The van der Waals surface area contributed by atoms with Crippen LogP contribution in [-0.2, 0) is 16.6 Å². The number of amidine groups is 2. The Morgan fingerprint density at radius 3 is 2.81 bits per heavy atom. The Hall–Kier alpha value is -1.48. The fourth-order valence-corrected chi connectivity index (χ4v) is 3.16.